The van der Waals surface area contributed by atoms with E-state index in [0.717, 1.165) is 17.1 Å². The topological polar surface area (TPSA) is 89.0 Å². The Morgan fingerprint density at radius 1 is 1.32 bits per heavy atom. The number of amides is 1. The van der Waals surface area contributed by atoms with Crippen molar-refractivity contribution in [3.05, 3.63) is 35.0 Å². The monoisotopic (exact) mass is 357 g/mol. The lowest BCUT2D eigenvalue weighted by atomic mass is 10.1. The highest BCUT2D eigenvalue weighted by molar-refractivity contribution is 7.91. The van der Waals surface area contributed by atoms with Crippen LogP contribution in [0.15, 0.2) is 24.3 Å². The molecule has 22 heavy (non-hydrogen) atoms. The van der Waals surface area contributed by atoms with Crippen LogP contribution in [0.3, 0.4) is 0 Å². The second-order valence-electron chi connectivity index (χ2n) is 5.03. The van der Waals surface area contributed by atoms with Crippen molar-refractivity contribution in [1.29, 1.82) is 0 Å². The van der Waals surface area contributed by atoms with Crippen LogP contribution in [0.5, 0.6) is 0 Å². The molecule has 9 heteroatoms. The molecule has 2 aromatic rings. The van der Waals surface area contributed by atoms with Crippen LogP contribution in [0.1, 0.15) is 16.9 Å². The van der Waals surface area contributed by atoms with Crippen LogP contribution >= 0.6 is 23.1 Å². The normalized spacial score (nSPS) is 20.0. The quantitative estimate of drug-likeness (QED) is 0.904. The van der Waals surface area contributed by atoms with Crippen molar-refractivity contribution in [2.45, 2.75) is 12.5 Å². The molecular formula is C13H12ClN3O3S2. The molecule has 3 rings (SSSR count). The lowest BCUT2D eigenvalue weighted by Gasteiger charge is -2.09. The van der Waals surface area contributed by atoms with Gasteiger partial charge in [-0.1, -0.05) is 28.2 Å². The maximum Gasteiger partial charge on any atom is 0.273 e. The zero-order valence-corrected chi connectivity index (χ0v) is 13.7. The van der Waals surface area contributed by atoms with Gasteiger partial charge in [-0.15, -0.1) is 5.10 Å². The molecule has 1 aliphatic rings. The van der Waals surface area contributed by atoms with Gasteiger partial charge in [0.25, 0.3) is 5.91 Å². The fraction of sp³-hybridized carbons (Fsp3) is 0.308. The second-order valence-corrected chi connectivity index (χ2v) is 8.45. The average Bonchev–Trinajstić information content (AvgIpc) is 3.06. The first-order valence-corrected chi connectivity index (χ1v) is 9.51. The van der Waals surface area contributed by atoms with Crippen molar-refractivity contribution in [3.8, 4) is 10.4 Å². The molecule has 1 aromatic heterocycles. The number of aromatic nitrogens is 2. The Bertz CT molecular complexity index is 802. The molecule has 0 spiro atoms. The summed E-state index contributed by atoms with van der Waals surface area (Å²) in [4.78, 5) is 12.9. The van der Waals surface area contributed by atoms with E-state index < -0.39 is 15.7 Å². The summed E-state index contributed by atoms with van der Waals surface area (Å²) in [5.74, 6) is -0.315. The second kappa shape index (κ2) is 5.94. The van der Waals surface area contributed by atoms with Gasteiger partial charge in [0.15, 0.2) is 15.5 Å². The highest BCUT2D eigenvalue weighted by atomic mass is 35.5. The standard InChI is InChI=1S/C13H12ClN3O3S2/c14-9-3-1-8(2-4-9)12-11(16-17-21-12)13(18)15-10-5-6-22(19,20)7-10/h1-4,10H,5-7H2,(H,15,18)/t10-/m0/s1. The molecule has 0 saturated carbocycles. The Hall–Kier alpha value is -1.51. The first-order chi connectivity index (χ1) is 10.4. The summed E-state index contributed by atoms with van der Waals surface area (Å²) in [5.41, 5.74) is 1.00. The molecule has 0 unspecified atom stereocenters. The smallest absolute Gasteiger partial charge is 0.273 e. The minimum absolute atomic E-state index is 0.0212. The largest absolute Gasteiger partial charge is 0.347 e. The Labute approximate surface area is 136 Å². The third-order valence-corrected chi connectivity index (χ3v) is 6.17. The van der Waals surface area contributed by atoms with Gasteiger partial charge in [0, 0.05) is 11.1 Å². The number of rotatable bonds is 3. The number of hydrogen-bond donors (Lipinski definition) is 1. The molecule has 0 radical (unpaired) electrons. The molecule has 0 bridgehead atoms. The lowest BCUT2D eigenvalue weighted by Crippen LogP contribution is -2.36. The number of nitrogens with zero attached hydrogens (tertiary/aromatic N) is 2. The van der Waals surface area contributed by atoms with E-state index in [2.05, 4.69) is 14.9 Å². The minimum Gasteiger partial charge on any atom is -0.347 e. The third-order valence-electron chi connectivity index (χ3n) is 3.38. The van der Waals surface area contributed by atoms with E-state index >= 15 is 0 Å². The summed E-state index contributed by atoms with van der Waals surface area (Å²) in [6.07, 6.45) is 0.432. The van der Waals surface area contributed by atoms with Gasteiger partial charge in [0.05, 0.1) is 16.4 Å². The van der Waals surface area contributed by atoms with Crippen molar-refractivity contribution in [3.63, 3.8) is 0 Å². The molecule has 1 amide bonds. The molecule has 1 atom stereocenters. The van der Waals surface area contributed by atoms with E-state index in [1.807, 2.05) is 0 Å². The molecule has 1 saturated heterocycles. The molecular weight excluding hydrogens is 346 g/mol. The first kappa shape index (κ1) is 15.4. The molecule has 1 aliphatic heterocycles. The summed E-state index contributed by atoms with van der Waals surface area (Å²) < 4.78 is 26.7. The van der Waals surface area contributed by atoms with E-state index in [9.17, 15) is 13.2 Å². The van der Waals surface area contributed by atoms with Crippen LogP contribution in [-0.4, -0.2) is 41.5 Å². The van der Waals surface area contributed by atoms with Crippen LogP contribution in [0.25, 0.3) is 10.4 Å². The van der Waals surface area contributed by atoms with Crippen LogP contribution < -0.4 is 5.32 Å². The fourth-order valence-electron chi connectivity index (χ4n) is 2.29. The SMILES string of the molecule is O=C(N[C@H]1CCS(=O)(=O)C1)c1nnsc1-c1ccc(Cl)cc1. The van der Waals surface area contributed by atoms with Gasteiger partial charge in [0.2, 0.25) is 0 Å². The third kappa shape index (κ3) is 3.29. The van der Waals surface area contributed by atoms with Gasteiger partial charge in [-0.05, 0) is 35.6 Å². The van der Waals surface area contributed by atoms with E-state index in [0.29, 0.717) is 16.3 Å². The zero-order chi connectivity index (χ0) is 15.7. The first-order valence-electron chi connectivity index (χ1n) is 6.54. The van der Waals surface area contributed by atoms with Crippen molar-refractivity contribution in [2.75, 3.05) is 11.5 Å². The van der Waals surface area contributed by atoms with Crippen molar-refractivity contribution < 1.29 is 13.2 Å². The van der Waals surface area contributed by atoms with E-state index in [-0.39, 0.29) is 23.2 Å². The number of hydrogen-bond acceptors (Lipinski definition) is 6. The van der Waals surface area contributed by atoms with Crippen LogP contribution in [0.4, 0.5) is 0 Å². The van der Waals surface area contributed by atoms with Gasteiger partial charge in [-0.25, -0.2) is 8.42 Å². The average molecular weight is 358 g/mol. The predicted octanol–water partition coefficient (Wildman–Crippen LogP) is 1.78. The lowest BCUT2D eigenvalue weighted by molar-refractivity contribution is 0.0936. The summed E-state index contributed by atoms with van der Waals surface area (Å²) in [6.45, 7) is 0. The highest BCUT2D eigenvalue weighted by Gasteiger charge is 2.30. The number of carbonyl (C=O) groups is 1. The molecule has 1 N–H and O–H groups in total. The van der Waals surface area contributed by atoms with Crippen LogP contribution in [0, 0.1) is 0 Å². The Kier molecular flexibility index (Phi) is 4.16. The van der Waals surface area contributed by atoms with Crippen molar-refractivity contribution in [2.24, 2.45) is 0 Å². The number of sulfone groups is 1. The molecule has 1 fully saturated rings. The number of benzene rings is 1. The summed E-state index contributed by atoms with van der Waals surface area (Å²) in [6, 6.07) is 6.66. The van der Waals surface area contributed by atoms with Crippen molar-refractivity contribution in [1.82, 2.24) is 14.9 Å². The fourth-order valence-corrected chi connectivity index (χ4v) is 4.76. The summed E-state index contributed by atoms with van der Waals surface area (Å²) >= 11 is 6.96. The molecule has 6 nitrogen and oxygen atoms in total. The summed E-state index contributed by atoms with van der Waals surface area (Å²) in [7, 11) is -3.04. The van der Waals surface area contributed by atoms with Crippen LogP contribution in [0.2, 0.25) is 5.02 Å². The molecule has 0 aliphatic carbocycles. The Morgan fingerprint density at radius 3 is 2.68 bits per heavy atom. The van der Waals surface area contributed by atoms with Crippen LogP contribution in [-0.2, 0) is 9.84 Å². The van der Waals surface area contributed by atoms with E-state index in [4.69, 9.17) is 11.6 Å². The highest BCUT2D eigenvalue weighted by Crippen LogP contribution is 2.27. The molecule has 2 heterocycles. The summed E-state index contributed by atoms with van der Waals surface area (Å²) in [5, 5.41) is 7.19. The van der Waals surface area contributed by atoms with Gasteiger partial charge in [0.1, 0.15) is 0 Å². The molecule has 1 aromatic carbocycles. The number of carbonyl (C=O) groups excluding carboxylic acids is 1. The number of nitrogens with one attached hydrogen (secondary N) is 1. The zero-order valence-electron chi connectivity index (χ0n) is 11.3. The van der Waals surface area contributed by atoms with Gasteiger partial charge < -0.3 is 5.32 Å². The van der Waals surface area contributed by atoms with E-state index in [1.54, 1.807) is 24.3 Å². The predicted molar refractivity (Wildman–Crippen MR) is 84.9 cm³/mol. The number of halogens is 1. The minimum atomic E-state index is -3.04. The molecule has 116 valence electrons. The Morgan fingerprint density at radius 2 is 2.05 bits per heavy atom. The van der Waals surface area contributed by atoms with Gasteiger partial charge in [-0.3, -0.25) is 4.79 Å². The Balaban J connectivity index is 1.80. The van der Waals surface area contributed by atoms with Gasteiger partial charge >= 0.3 is 0 Å². The maximum atomic E-state index is 12.3. The van der Waals surface area contributed by atoms with E-state index in [1.165, 1.54) is 0 Å². The van der Waals surface area contributed by atoms with Gasteiger partial charge in [-0.2, -0.15) is 0 Å². The maximum absolute atomic E-state index is 12.3. The van der Waals surface area contributed by atoms with Crippen molar-refractivity contribution >= 4 is 38.9 Å².